The zero-order valence-corrected chi connectivity index (χ0v) is 12.6. The number of aryl methyl sites for hydroxylation is 4. The molecule has 7 heteroatoms. The van der Waals surface area contributed by atoms with Crippen LogP contribution in [0.15, 0.2) is 5.51 Å². The molecule has 0 amide bonds. The lowest BCUT2D eigenvalue weighted by Gasteiger charge is -1.95. The summed E-state index contributed by atoms with van der Waals surface area (Å²) in [5.74, 6) is 0.967. The molecule has 19 heavy (non-hydrogen) atoms. The van der Waals surface area contributed by atoms with Crippen LogP contribution in [-0.4, -0.2) is 24.8 Å². The fourth-order valence-corrected chi connectivity index (χ4v) is 3.60. The van der Waals surface area contributed by atoms with Gasteiger partial charge in [-0.15, -0.1) is 21.5 Å². The monoisotopic (exact) mass is 293 g/mol. The van der Waals surface area contributed by atoms with Gasteiger partial charge in [-0.3, -0.25) is 0 Å². The Labute approximate surface area is 119 Å². The van der Waals surface area contributed by atoms with Gasteiger partial charge in [0.2, 0.25) is 4.96 Å². The second-order valence-corrected chi connectivity index (χ2v) is 6.40. The number of nitrogens with zero attached hydrogens (tertiary/aromatic N) is 5. The molecule has 0 radical (unpaired) electrons. The molecule has 3 aromatic rings. The quantitative estimate of drug-likeness (QED) is 0.726. The molecule has 3 rings (SSSR count). The minimum absolute atomic E-state index is 0.902. The van der Waals surface area contributed by atoms with E-state index >= 15 is 0 Å². The molecular formula is C12H15N5S2. The molecule has 0 saturated heterocycles. The van der Waals surface area contributed by atoms with Crippen LogP contribution >= 0.6 is 22.7 Å². The van der Waals surface area contributed by atoms with Gasteiger partial charge in [0.05, 0.1) is 11.2 Å². The van der Waals surface area contributed by atoms with Crippen molar-refractivity contribution < 1.29 is 0 Å². The molecule has 5 nitrogen and oxygen atoms in total. The summed E-state index contributed by atoms with van der Waals surface area (Å²) in [7, 11) is 0. The fraction of sp³-hybridized carbons (Fsp3) is 0.500. The van der Waals surface area contributed by atoms with E-state index < -0.39 is 0 Å². The van der Waals surface area contributed by atoms with E-state index in [0.29, 0.717) is 0 Å². The second-order valence-electron chi connectivity index (χ2n) is 4.42. The maximum atomic E-state index is 4.61. The number of thiazole rings is 1. The number of hydrogen-bond donors (Lipinski definition) is 0. The summed E-state index contributed by atoms with van der Waals surface area (Å²) >= 11 is 3.35. The lowest BCUT2D eigenvalue weighted by molar-refractivity contribution is 0.760. The van der Waals surface area contributed by atoms with Crippen LogP contribution < -0.4 is 0 Å². The van der Waals surface area contributed by atoms with Crippen molar-refractivity contribution in [3.8, 4) is 0 Å². The fourth-order valence-electron chi connectivity index (χ4n) is 1.96. The van der Waals surface area contributed by atoms with Crippen molar-refractivity contribution in [2.75, 3.05) is 0 Å². The molecule has 0 aliphatic heterocycles. The van der Waals surface area contributed by atoms with Crippen molar-refractivity contribution in [2.24, 2.45) is 0 Å². The molecule has 0 bridgehead atoms. The van der Waals surface area contributed by atoms with Gasteiger partial charge in [-0.05, 0) is 19.8 Å². The van der Waals surface area contributed by atoms with Crippen molar-refractivity contribution in [3.63, 3.8) is 0 Å². The van der Waals surface area contributed by atoms with Crippen molar-refractivity contribution in [1.29, 1.82) is 0 Å². The first-order valence-electron chi connectivity index (χ1n) is 6.37. The standard InChI is InChI=1S/C12H15N5S2/c1-3-4-10-14-15-12-17(10)16-11(19-12)6-5-9-8(2)13-7-18-9/h7H,3-6H2,1-2H3. The van der Waals surface area contributed by atoms with Crippen molar-refractivity contribution in [2.45, 2.75) is 39.5 Å². The van der Waals surface area contributed by atoms with Crippen LogP contribution in [0.1, 0.15) is 34.7 Å². The molecule has 100 valence electrons. The third-order valence-corrected chi connectivity index (χ3v) is 4.94. The van der Waals surface area contributed by atoms with E-state index in [-0.39, 0.29) is 0 Å². The van der Waals surface area contributed by atoms with Gasteiger partial charge in [0.1, 0.15) is 5.01 Å². The number of aromatic nitrogens is 5. The average molecular weight is 293 g/mol. The third kappa shape index (κ3) is 2.52. The Morgan fingerprint density at radius 1 is 1.21 bits per heavy atom. The lowest BCUT2D eigenvalue weighted by atomic mass is 10.2. The normalized spacial score (nSPS) is 11.5. The minimum Gasteiger partial charge on any atom is -0.250 e. The highest BCUT2D eigenvalue weighted by Crippen LogP contribution is 2.19. The van der Waals surface area contributed by atoms with E-state index in [9.17, 15) is 0 Å². The lowest BCUT2D eigenvalue weighted by Crippen LogP contribution is -1.97. The highest BCUT2D eigenvalue weighted by Gasteiger charge is 2.11. The molecule has 0 fully saturated rings. The Hall–Kier alpha value is -1.34. The highest BCUT2D eigenvalue weighted by atomic mass is 32.1. The van der Waals surface area contributed by atoms with E-state index in [2.05, 4.69) is 34.1 Å². The van der Waals surface area contributed by atoms with Gasteiger partial charge >= 0.3 is 0 Å². The Balaban J connectivity index is 1.76. The van der Waals surface area contributed by atoms with Gasteiger partial charge in [0.15, 0.2) is 5.82 Å². The van der Waals surface area contributed by atoms with Crippen LogP contribution in [0.25, 0.3) is 4.96 Å². The number of hydrogen-bond acceptors (Lipinski definition) is 6. The first-order chi connectivity index (χ1) is 9.28. The Morgan fingerprint density at radius 3 is 2.84 bits per heavy atom. The van der Waals surface area contributed by atoms with Gasteiger partial charge < -0.3 is 0 Å². The molecule has 3 heterocycles. The summed E-state index contributed by atoms with van der Waals surface area (Å²) in [6.45, 7) is 4.20. The summed E-state index contributed by atoms with van der Waals surface area (Å²) in [4.78, 5) is 6.52. The summed E-state index contributed by atoms with van der Waals surface area (Å²) in [5.41, 5.74) is 3.04. The van der Waals surface area contributed by atoms with Gasteiger partial charge in [0.25, 0.3) is 0 Å². The summed E-state index contributed by atoms with van der Waals surface area (Å²) in [6, 6.07) is 0. The first-order valence-corrected chi connectivity index (χ1v) is 8.06. The third-order valence-electron chi connectivity index (χ3n) is 2.98. The number of rotatable bonds is 5. The Morgan fingerprint density at radius 2 is 2.11 bits per heavy atom. The van der Waals surface area contributed by atoms with Crippen LogP contribution in [0.2, 0.25) is 0 Å². The second kappa shape index (κ2) is 5.34. The van der Waals surface area contributed by atoms with Crippen molar-refractivity contribution >= 4 is 27.6 Å². The van der Waals surface area contributed by atoms with E-state index in [1.165, 1.54) is 4.88 Å². The summed E-state index contributed by atoms with van der Waals surface area (Å²) in [5, 5.41) is 14.1. The molecule has 0 saturated carbocycles. The zero-order chi connectivity index (χ0) is 13.2. The van der Waals surface area contributed by atoms with Gasteiger partial charge in [0, 0.05) is 17.7 Å². The van der Waals surface area contributed by atoms with Gasteiger partial charge in [-0.25, -0.2) is 4.98 Å². The van der Waals surface area contributed by atoms with Crippen LogP contribution in [0.5, 0.6) is 0 Å². The van der Waals surface area contributed by atoms with E-state index in [1.807, 2.05) is 10.0 Å². The van der Waals surface area contributed by atoms with Crippen LogP contribution in [0, 0.1) is 6.92 Å². The zero-order valence-electron chi connectivity index (χ0n) is 11.0. The predicted molar refractivity (Wildman–Crippen MR) is 76.9 cm³/mol. The van der Waals surface area contributed by atoms with Gasteiger partial charge in [-0.2, -0.15) is 9.61 Å². The highest BCUT2D eigenvalue weighted by molar-refractivity contribution is 7.16. The van der Waals surface area contributed by atoms with E-state index in [4.69, 9.17) is 0 Å². The molecule has 0 atom stereocenters. The number of fused-ring (bicyclic) bond motifs is 1. The molecule has 0 unspecified atom stereocenters. The molecule has 3 aromatic heterocycles. The molecule has 0 spiro atoms. The summed E-state index contributed by atoms with van der Waals surface area (Å²) < 4.78 is 1.89. The van der Waals surface area contributed by atoms with Crippen LogP contribution in [0.4, 0.5) is 0 Å². The minimum atomic E-state index is 0.902. The maximum Gasteiger partial charge on any atom is 0.234 e. The first kappa shape index (κ1) is 12.7. The maximum absolute atomic E-state index is 4.61. The predicted octanol–water partition coefficient (Wildman–Crippen LogP) is 2.69. The van der Waals surface area contributed by atoms with E-state index in [1.54, 1.807) is 22.7 Å². The molecule has 0 aliphatic carbocycles. The topological polar surface area (TPSA) is 56.0 Å². The molecule has 0 aromatic carbocycles. The van der Waals surface area contributed by atoms with Crippen molar-refractivity contribution in [3.05, 3.63) is 26.9 Å². The summed E-state index contributed by atoms with van der Waals surface area (Å²) in [6.07, 6.45) is 3.94. The Bertz CT molecular complexity index is 681. The Kier molecular flexibility index (Phi) is 3.56. The van der Waals surface area contributed by atoms with Crippen LogP contribution in [-0.2, 0) is 19.3 Å². The van der Waals surface area contributed by atoms with Gasteiger partial charge in [-0.1, -0.05) is 18.3 Å². The van der Waals surface area contributed by atoms with Crippen molar-refractivity contribution in [1.82, 2.24) is 24.8 Å². The molecular weight excluding hydrogens is 278 g/mol. The SMILES string of the molecule is CCCc1nnc2sc(CCc3scnc3C)nn12. The largest absolute Gasteiger partial charge is 0.250 e. The van der Waals surface area contributed by atoms with Crippen LogP contribution in [0.3, 0.4) is 0 Å². The molecule has 0 aliphatic rings. The van der Waals surface area contributed by atoms with E-state index in [0.717, 1.165) is 47.2 Å². The smallest absolute Gasteiger partial charge is 0.234 e. The average Bonchev–Trinajstić information content (AvgIpc) is 3.05. The molecule has 0 N–H and O–H groups in total.